The van der Waals surface area contributed by atoms with Gasteiger partial charge in [0.1, 0.15) is 18.3 Å². The van der Waals surface area contributed by atoms with Gasteiger partial charge in [-0.2, -0.15) is 10.1 Å². The van der Waals surface area contributed by atoms with Crippen molar-refractivity contribution < 1.29 is 9.45 Å². The van der Waals surface area contributed by atoms with Gasteiger partial charge in [0.15, 0.2) is 5.82 Å². The van der Waals surface area contributed by atoms with E-state index in [0.717, 1.165) is 19.6 Å². The van der Waals surface area contributed by atoms with Crippen molar-refractivity contribution in [1.82, 2.24) is 35.1 Å². The summed E-state index contributed by atoms with van der Waals surface area (Å²) in [4.78, 5) is 21.4. The number of benzene rings is 1. The van der Waals surface area contributed by atoms with Crippen LogP contribution in [0.5, 0.6) is 0 Å². The maximum atomic E-state index is 11.5. The third-order valence-corrected chi connectivity index (χ3v) is 4.34. The van der Waals surface area contributed by atoms with E-state index in [4.69, 9.17) is 4.52 Å². The molecule has 1 fully saturated rings. The van der Waals surface area contributed by atoms with E-state index in [1.807, 2.05) is 7.05 Å². The number of nitro groups is 1. The van der Waals surface area contributed by atoms with Gasteiger partial charge in [-0.25, -0.2) is 9.67 Å². The van der Waals surface area contributed by atoms with E-state index >= 15 is 0 Å². The average Bonchev–Trinajstić information content (AvgIpc) is 3.34. The second kappa shape index (κ2) is 7.78. The fourth-order valence-electron chi connectivity index (χ4n) is 2.91. The monoisotopic (exact) mass is 392 g/mol. The van der Waals surface area contributed by atoms with Gasteiger partial charge < -0.3 is 9.84 Å². The van der Waals surface area contributed by atoms with Crippen LogP contribution in [0.3, 0.4) is 0 Å². The summed E-state index contributed by atoms with van der Waals surface area (Å²) in [6.45, 7) is 2.52. The van der Waals surface area contributed by atoms with E-state index in [0.29, 0.717) is 17.1 Å². The Labute approximate surface area is 159 Å². The number of aromatic nitrogens is 5. The Bertz CT molecular complexity index is 929. The lowest BCUT2D eigenvalue weighted by Crippen LogP contribution is -2.44. The van der Waals surface area contributed by atoms with Gasteiger partial charge in [0, 0.05) is 31.3 Å². The topological polar surface area (TPSA) is 128 Å². The number of nitrogens with one attached hydrogen (secondary N) is 1. The van der Waals surface area contributed by atoms with E-state index in [1.165, 1.54) is 23.4 Å². The lowest BCUT2D eigenvalue weighted by atomic mass is 10.1. The van der Waals surface area contributed by atoms with Crippen molar-refractivity contribution in [2.75, 3.05) is 26.7 Å². The quantitative estimate of drug-likeness (QED) is 0.514. The molecule has 1 aliphatic rings. The van der Waals surface area contributed by atoms with Gasteiger partial charge in [-0.15, -0.1) is 12.4 Å². The molecule has 12 heteroatoms. The maximum Gasteiger partial charge on any atom is 0.295 e. The average molecular weight is 393 g/mol. The highest BCUT2D eigenvalue weighted by atomic mass is 35.5. The van der Waals surface area contributed by atoms with Crippen LogP contribution in [-0.2, 0) is 0 Å². The van der Waals surface area contributed by atoms with Crippen molar-refractivity contribution in [3.05, 3.63) is 46.8 Å². The first-order valence-corrected chi connectivity index (χ1v) is 8.02. The van der Waals surface area contributed by atoms with Crippen LogP contribution < -0.4 is 5.32 Å². The van der Waals surface area contributed by atoms with E-state index in [9.17, 15) is 10.1 Å². The Kier molecular flexibility index (Phi) is 5.44. The molecule has 3 aromatic rings. The Balaban J connectivity index is 0.00000210. The molecule has 0 amide bonds. The summed E-state index contributed by atoms with van der Waals surface area (Å²) in [6, 6.07) is 4.67. The minimum atomic E-state index is -0.476. The molecule has 3 heterocycles. The van der Waals surface area contributed by atoms with Gasteiger partial charge in [0.25, 0.3) is 11.6 Å². The molecular formula is C15H17ClN8O3. The van der Waals surface area contributed by atoms with E-state index in [1.54, 1.807) is 12.1 Å². The highest BCUT2D eigenvalue weighted by Gasteiger charge is 2.26. The summed E-state index contributed by atoms with van der Waals surface area (Å²) in [5.41, 5.74) is 0.669. The Morgan fingerprint density at radius 1 is 1.41 bits per heavy atom. The summed E-state index contributed by atoms with van der Waals surface area (Å²) < 4.78 is 6.68. The number of likely N-dealkylation sites (N-methyl/N-ethyl adjacent to an activating group) is 1. The van der Waals surface area contributed by atoms with Crippen LogP contribution in [0.15, 0.2) is 35.4 Å². The Morgan fingerprint density at radius 3 is 2.96 bits per heavy atom. The van der Waals surface area contributed by atoms with Gasteiger partial charge in [-0.3, -0.25) is 15.0 Å². The second-order valence-electron chi connectivity index (χ2n) is 5.96. The van der Waals surface area contributed by atoms with Crippen molar-refractivity contribution in [2.45, 2.75) is 6.04 Å². The summed E-state index contributed by atoms with van der Waals surface area (Å²) in [5.74, 6) is 0.796. The molecule has 11 nitrogen and oxygen atoms in total. The standard InChI is InChI=1S/C15H16N8O3.ClH/c1-21-5-4-16-7-13(21)14-19-15(26-20-14)10-2-3-11(12(6-10)23(24)25)22-9-17-8-18-22;/h2-3,6,8-9,13,16H,4-5,7H2,1H3;1H. The maximum absolute atomic E-state index is 11.5. The zero-order chi connectivity index (χ0) is 18.1. The van der Waals surface area contributed by atoms with Crippen LogP contribution in [-0.4, -0.2) is 61.4 Å². The third kappa shape index (κ3) is 3.65. The number of halogens is 1. The molecule has 27 heavy (non-hydrogen) atoms. The summed E-state index contributed by atoms with van der Waals surface area (Å²) in [5, 5.41) is 22.7. The predicted octanol–water partition coefficient (Wildman–Crippen LogP) is 1.22. The van der Waals surface area contributed by atoms with Crippen molar-refractivity contribution in [3.63, 3.8) is 0 Å². The summed E-state index contributed by atoms with van der Waals surface area (Å²) in [6.07, 6.45) is 2.72. The molecule has 0 aliphatic carbocycles. The van der Waals surface area contributed by atoms with Crippen LogP contribution in [0, 0.1) is 10.1 Å². The zero-order valence-corrected chi connectivity index (χ0v) is 15.2. The van der Waals surface area contributed by atoms with Crippen molar-refractivity contribution in [1.29, 1.82) is 0 Å². The van der Waals surface area contributed by atoms with Crippen LogP contribution >= 0.6 is 12.4 Å². The number of piperazine rings is 1. The van der Waals surface area contributed by atoms with Gasteiger partial charge in [-0.1, -0.05) is 5.16 Å². The van der Waals surface area contributed by atoms with Crippen LogP contribution in [0.1, 0.15) is 11.9 Å². The number of hydrogen-bond donors (Lipinski definition) is 1. The normalized spacial score (nSPS) is 17.4. The number of rotatable bonds is 4. The molecular weight excluding hydrogens is 376 g/mol. The Hall–Kier alpha value is -2.89. The molecule has 1 saturated heterocycles. The molecule has 142 valence electrons. The number of nitro benzene ring substituents is 1. The molecule has 0 saturated carbocycles. The highest BCUT2D eigenvalue weighted by Crippen LogP contribution is 2.29. The second-order valence-corrected chi connectivity index (χ2v) is 5.96. The lowest BCUT2D eigenvalue weighted by molar-refractivity contribution is -0.384. The minimum absolute atomic E-state index is 0. The smallest absolute Gasteiger partial charge is 0.295 e. The Morgan fingerprint density at radius 2 is 2.26 bits per heavy atom. The molecule has 0 radical (unpaired) electrons. The number of nitrogens with zero attached hydrogens (tertiary/aromatic N) is 7. The summed E-state index contributed by atoms with van der Waals surface area (Å²) >= 11 is 0. The first-order chi connectivity index (χ1) is 12.6. The molecule has 2 aromatic heterocycles. The first kappa shape index (κ1) is 18.9. The molecule has 1 aromatic carbocycles. The van der Waals surface area contributed by atoms with Crippen LogP contribution in [0.2, 0.25) is 0 Å². The van der Waals surface area contributed by atoms with Crippen LogP contribution in [0.25, 0.3) is 17.1 Å². The fraction of sp³-hybridized carbons (Fsp3) is 0.333. The molecule has 1 unspecified atom stereocenters. The predicted molar refractivity (Wildman–Crippen MR) is 96.8 cm³/mol. The third-order valence-electron chi connectivity index (χ3n) is 4.34. The molecule has 4 rings (SSSR count). The number of hydrogen-bond acceptors (Lipinski definition) is 9. The van der Waals surface area contributed by atoms with Crippen molar-refractivity contribution in [3.8, 4) is 17.1 Å². The molecule has 1 aliphatic heterocycles. The van der Waals surface area contributed by atoms with Crippen molar-refractivity contribution >= 4 is 18.1 Å². The van der Waals surface area contributed by atoms with Gasteiger partial charge in [0.05, 0.1) is 11.0 Å². The molecule has 0 spiro atoms. The highest BCUT2D eigenvalue weighted by molar-refractivity contribution is 5.85. The summed E-state index contributed by atoms with van der Waals surface area (Å²) in [7, 11) is 2.00. The molecule has 1 N–H and O–H groups in total. The van der Waals surface area contributed by atoms with Gasteiger partial charge >= 0.3 is 0 Å². The van der Waals surface area contributed by atoms with E-state index < -0.39 is 4.92 Å². The van der Waals surface area contributed by atoms with Gasteiger partial charge in [0.2, 0.25) is 0 Å². The molecule has 0 bridgehead atoms. The molecule has 1 atom stereocenters. The fourth-order valence-corrected chi connectivity index (χ4v) is 2.91. The van der Waals surface area contributed by atoms with Gasteiger partial charge in [-0.05, 0) is 19.2 Å². The first-order valence-electron chi connectivity index (χ1n) is 8.02. The SMILES string of the molecule is CN1CCNCC1c1noc(-c2ccc(-n3cncn3)c([N+](=O)[O-])c2)n1.Cl. The zero-order valence-electron chi connectivity index (χ0n) is 14.3. The largest absolute Gasteiger partial charge is 0.334 e. The van der Waals surface area contributed by atoms with E-state index in [2.05, 4.69) is 30.4 Å². The van der Waals surface area contributed by atoms with Crippen molar-refractivity contribution in [2.24, 2.45) is 0 Å². The minimum Gasteiger partial charge on any atom is -0.334 e. The lowest BCUT2D eigenvalue weighted by Gasteiger charge is -2.30. The van der Waals surface area contributed by atoms with Crippen LogP contribution in [0.4, 0.5) is 5.69 Å². The van der Waals surface area contributed by atoms with E-state index in [-0.39, 0.29) is 30.0 Å².